The van der Waals surface area contributed by atoms with Crippen molar-refractivity contribution in [2.45, 2.75) is 27.2 Å². The summed E-state index contributed by atoms with van der Waals surface area (Å²) in [6.07, 6.45) is 0.845. The minimum atomic E-state index is -1.41. The number of nitrogens with zero attached hydrogens (tertiary/aromatic N) is 1. The third kappa shape index (κ3) is 4.68. The zero-order valence-electron chi connectivity index (χ0n) is 9.47. The first-order valence-electron chi connectivity index (χ1n) is 4.83. The van der Waals surface area contributed by atoms with E-state index in [4.69, 9.17) is 5.11 Å². The number of carboxylic acids is 1. The van der Waals surface area contributed by atoms with Gasteiger partial charge in [-0.05, 0) is 19.3 Å². The first kappa shape index (κ1) is 14.3. The molecule has 0 saturated carbocycles. The topological polar surface area (TPSA) is 97.5 Å². The van der Waals surface area contributed by atoms with Crippen LogP contribution in [0.2, 0.25) is 0 Å². The van der Waals surface area contributed by atoms with Crippen molar-refractivity contribution in [2.24, 2.45) is 11.8 Å². The summed E-state index contributed by atoms with van der Waals surface area (Å²) in [5, 5.41) is 19.2. The molecule has 1 unspecified atom stereocenters. The van der Waals surface area contributed by atoms with Gasteiger partial charge in [0, 0.05) is 5.57 Å². The molecule has 0 aliphatic heterocycles. The summed E-state index contributed by atoms with van der Waals surface area (Å²) in [7, 11) is 0. The summed E-state index contributed by atoms with van der Waals surface area (Å²) in [6, 6.07) is 0. The Hall–Kier alpha value is -1.72. The minimum Gasteiger partial charge on any atom is -0.480 e. The molecule has 0 fully saturated rings. The largest absolute Gasteiger partial charge is 0.480 e. The number of Topliss-reactive ketones (excluding diaryl/α,β-unsaturated/α-hetero) is 1. The van der Waals surface area contributed by atoms with Crippen molar-refractivity contribution < 1.29 is 19.6 Å². The van der Waals surface area contributed by atoms with Crippen molar-refractivity contribution in [1.82, 2.24) is 0 Å². The van der Waals surface area contributed by atoms with Gasteiger partial charge in [-0.25, -0.2) is 0 Å². The third-order valence-corrected chi connectivity index (χ3v) is 1.94. The van der Waals surface area contributed by atoms with Gasteiger partial charge >= 0.3 is 5.97 Å². The Balaban J connectivity index is 5.20. The molecule has 0 aromatic carbocycles. The minimum absolute atomic E-state index is 0.0417. The predicted molar refractivity (Wildman–Crippen MR) is 56.3 cm³/mol. The second-order valence-electron chi connectivity index (χ2n) is 3.97. The molecule has 0 aromatic heterocycles. The second-order valence-corrected chi connectivity index (χ2v) is 3.97. The van der Waals surface area contributed by atoms with E-state index in [0.29, 0.717) is 6.20 Å². The van der Waals surface area contributed by atoms with Crippen molar-refractivity contribution in [3.05, 3.63) is 21.9 Å². The van der Waals surface area contributed by atoms with Crippen molar-refractivity contribution in [1.29, 1.82) is 0 Å². The molecule has 1 N–H and O–H groups in total. The maximum absolute atomic E-state index is 11.1. The fourth-order valence-corrected chi connectivity index (χ4v) is 1.45. The van der Waals surface area contributed by atoms with Crippen LogP contribution in [0.4, 0.5) is 0 Å². The molecule has 0 aliphatic carbocycles. The first-order chi connectivity index (χ1) is 7.25. The highest BCUT2D eigenvalue weighted by Crippen LogP contribution is 2.21. The van der Waals surface area contributed by atoms with Crippen molar-refractivity contribution >= 4 is 11.8 Å². The van der Waals surface area contributed by atoms with Crippen LogP contribution in [0.1, 0.15) is 27.2 Å². The van der Waals surface area contributed by atoms with Crippen LogP contribution in [-0.2, 0) is 9.59 Å². The molecule has 6 heteroatoms. The van der Waals surface area contributed by atoms with Crippen molar-refractivity contribution in [3.63, 3.8) is 0 Å². The Morgan fingerprint density at radius 1 is 1.44 bits per heavy atom. The zero-order chi connectivity index (χ0) is 12.9. The maximum Gasteiger partial charge on any atom is 0.318 e. The average Bonchev–Trinajstić information content (AvgIpc) is 1.98. The van der Waals surface area contributed by atoms with Crippen LogP contribution >= 0.6 is 0 Å². The smallest absolute Gasteiger partial charge is 0.318 e. The molecule has 0 aromatic rings. The van der Waals surface area contributed by atoms with E-state index in [1.54, 1.807) is 13.8 Å². The molecule has 0 spiro atoms. The Morgan fingerprint density at radius 3 is 2.19 bits per heavy atom. The van der Waals surface area contributed by atoms with Gasteiger partial charge in [0.05, 0.1) is 4.92 Å². The van der Waals surface area contributed by atoms with E-state index < -0.39 is 22.6 Å². The predicted octanol–water partition coefficient (Wildman–Crippen LogP) is 1.48. The van der Waals surface area contributed by atoms with E-state index in [1.165, 1.54) is 0 Å². The van der Waals surface area contributed by atoms with E-state index in [1.807, 2.05) is 0 Å². The zero-order valence-corrected chi connectivity index (χ0v) is 9.47. The van der Waals surface area contributed by atoms with E-state index in [-0.39, 0.29) is 17.9 Å². The van der Waals surface area contributed by atoms with Crippen LogP contribution in [0.5, 0.6) is 0 Å². The first-order valence-corrected chi connectivity index (χ1v) is 4.83. The molecule has 0 bridgehead atoms. The molecule has 6 nitrogen and oxygen atoms in total. The number of ketones is 1. The fourth-order valence-electron chi connectivity index (χ4n) is 1.45. The Bertz CT molecular complexity index is 318. The molecule has 0 saturated heterocycles. The third-order valence-electron chi connectivity index (χ3n) is 1.94. The molecule has 90 valence electrons. The summed E-state index contributed by atoms with van der Waals surface area (Å²) in [4.78, 5) is 31.6. The fraction of sp³-hybridized carbons (Fsp3) is 0.600. The Kier molecular flexibility index (Phi) is 5.35. The number of hydrogen-bond acceptors (Lipinski definition) is 4. The lowest BCUT2D eigenvalue weighted by Crippen LogP contribution is -2.25. The molecule has 16 heavy (non-hydrogen) atoms. The number of carbonyl (C=O) groups excluding carboxylic acids is 1. The van der Waals surface area contributed by atoms with Crippen LogP contribution in [-0.4, -0.2) is 21.8 Å². The molecule has 1 atom stereocenters. The molecule has 0 heterocycles. The quantitative estimate of drug-likeness (QED) is 0.422. The standard InChI is InChI=1S/C10H15NO5/c1-6(2)4-8(5-11(15)16)9(7(3)12)10(13)14/h5-6,9H,4H2,1-3H3,(H,13,14). The van der Waals surface area contributed by atoms with Crippen LogP contribution in [0.3, 0.4) is 0 Å². The van der Waals surface area contributed by atoms with Crippen molar-refractivity contribution in [3.8, 4) is 0 Å². The van der Waals surface area contributed by atoms with E-state index in [9.17, 15) is 19.7 Å². The highest BCUT2D eigenvalue weighted by Gasteiger charge is 2.29. The Morgan fingerprint density at radius 2 is 1.94 bits per heavy atom. The molecule has 0 rings (SSSR count). The monoisotopic (exact) mass is 229 g/mol. The molecule has 0 radical (unpaired) electrons. The lowest BCUT2D eigenvalue weighted by Gasteiger charge is -2.13. The Labute approximate surface area is 93.1 Å². The summed E-state index contributed by atoms with van der Waals surface area (Å²) in [5.41, 5.74) is 0.0417. The number of carbonyl (C=O) groups is 2. The van der Waals surface area contributed by atoms with Gasteiger partial charge in [-0.2, -0.15) is 0 Å². The number of rotatable bonds is 6. The van der Waals surface area contributed by atoms with Crippen molar-refractivity contribution in [2.75, 3.05) is 0 Å². The molecule has 0 aliphatic rings. The number of carboxylic acid groups (broad SMARTS) is 1. The molecule has 0 amide bonds. The highest BCUT2D eigenvalue weighted by atomic mass is 16.6. The van der Waals surface area contributed by atoms with Gasteiger partial charge in [-0.1, -0.05) is 13.8 Å². The van der Waals surface area contributed by atoms with Crippen LogP contribution in [0.25, 0.3) is 0 Å². The molecular formula is C10H15NO5. The van der Waals surface area contributed by atoms with E-state index in [2.05, 4.69) is 0 Å². The lowest BCUT2D eigenvalue weighted by molar-refractivity contribution is -0.403. The van der Waals surface area contributed by atoms with Crippen LogP contribution < -0.4 is 0 Å². The maximum atomic E-state index is 11.1. The van der Waals surface area contributed by atoms with Gasteiger partial charge in [0.2, 0.25) is 6.20 Å². The van der Waals surface area contributed by atoms with Gasteiger partial charge in [0.15, 0.2) is 0 Å². The second kappa shape index (κ2) is 5.99. The van der Waals surface area contributed by atoms with E-state index in [0.717, 1.165) is 6.92 Å². The van der Waals surface area contributed by atoms with Gasteiger partial charge in [0.1, 0.15) is 11.7 Å². The van der Waals surface area contributed by atoms with Gasteiger partial charge in [0.25, 0.3) is 0 Å². The van der Waals surface area contributed by atoms with Gasteiger partial charge < -0.3 is 5.11 Å². The van der Waals surface area contributed by atoms with Crippen LogP contribution in [0, 0.1) is 22.0 Å². The van der Waals surface area contributed by atoms with Crippen LogP contribution in [0.15, 0.2) is 11.8 Å². The van der Waals surface area contributed by atoms with E-state index >= 15 is 0 Å². The van der Waals surface area contributed by atoms with Gasteiger partial charge in [-0.3, -0.25) is 19.7 Å². The number of hydrogen-bond donors (Lipinski definition) is 1. The summed E-state index contributed by atoms with van der Waals surface area (Å²) < 4.78 is 0. The molecular weight excluding hydrogens is 214 g/mol. The SMILES string of the molecule is CC(=O)C(C(=O)O)C(=C[N+](=O)[O-])CC(C)C. The highest BCUT2D eigenvalue weighted by molar-refractivity contribution is 5.99. The summed E-state index contributed by atoms with van der Waals surface area (Å²) in [5.74, 6) is -3.30. The normalized spacial score (nSPS) is 13.6. The number of aliphatic carboxylic acids is 1. The summed E-state index contributed by atoms with van der Waals surface area (Å²) >= 11 is 0. The average molecular weight is 229 g/mol. The number of nitro groups is 1. The van der Waals surface area contributed by atoms with Gasteiger partial charge in [-0.15, -0.1) is 0 Å². The lowest BCUT2D eigenvalue weighted by atomic mass is 9.89. The summed E-state index contributed by atoms with van der Waals surface area (Å²) in [6.45, 7) is 4.71.